The molecule has 1 rings (SSSR count). The van der Waals surface area contributed by atoms with Crippen LogP contribution >= 0.6 is 15.9 Å². The minimum Gasteiger partial charge on any atom is -0.493 e. The molecule has 1 aliphatic rings. The zero-order valence-electron chi connectivity index (χ0n) is 4.44. The van der Waals surface area contributed by atoms with Crippen LogP contribution in [-0.4, -0.2) is 11.0 Å². The molecule has 0 saturated carbocycles. The van der Waals surface area contributed by atoms with Crippen LogP contribution in [0.25, 0.3) is 0 Å². The summed E-state index contributed by atoms with van der Waals surface area (Å²) in [6.07, 6.45) is 0.193. The Morgan fingerprint density at radius 3 is 2.67 bits per heavy atom. The van der Waals surface area contributed by atoms with Gasteiger partial charge in [0.25, 0.3) is 0 Å². The van der Waals surface area contributed by atoms with Crippen LogP contribution in [0.2, 0.25) is 0 Å². The van der Waals surface area contributed by atoms with Crippen molar-refractivity contribution in [3.05, 3.63) is 10.4 Å². The zero-order chi connectivity index (χ0) is 6.85. The first-order valence-electron chi connectivity index (χ1n) is 2.32. The predicted molar refractivity (Wildman–Crippen MR) is 34.5 cm³/mol. The molecule has 0 aromatic heterocycles. The fraction of sp³-hybridized carbons (Fsp3) is 0.250. The molecule has 1 amide bonds. The van der Waals surface area contributed by atoms with Crippen LogP contribution in [0.4, 0.5) is 0 Å². The van der Waals surface area contributed by atoms with E-state index in [1.165, 1.54) is 0 Å². The second kappa shape index (κ2) is 2.26. The highest BCUT2D eigenvalue weighted by Gasteiger charge is 2.13. The van der Waals surface area contributed by atoms with Crippen LogP contribution in [0.3, 0.4) is 0 Å². The molecule has 1 aliphatic heterocycles. The number of carbonyl (C=O) groups is 1. The smallest absolute Gasteiger partial charge is 0.243 e. The summed E-state index contributed by atoms with van der Waals surface area (Å²) in [5.41, 5.74) is 4.51. The van der Waals surface area contributed by atoms with E-state index < -0.39 is 0 Å². The van der Waals surface area contributed by atoms with Gasteiger partial charge in [-0.05, 0) is 15.9 Å². The molecule has 0 spiro atoms. The van der Waals surface area contributed by atoms with Gasteiger partial charge in [-0.1, -0.05) is 0 Å². The van der Waals surface area contributed by atoms with Crippen molar-refractivity contribution in [2.75, 3.05) is 0 Å². The lowest BCUT2D eigenvalue weighted by Gasteiger charge is -2.13. The van der Waals surface area contributed by atoms with Gasteiger partial charge in [-0.15, -0.1) is 0 Å². The maximum Gasteiger partial charge on any atom is 0.243 e. The molecule has 9 heavy (non-hydrogen) atoms. The molecular weight excluding hydrogens is 188 g/mol. The average Bonchev–Trinajstić information content (AvgIpc) is 1.80. The van der Waals surface area contributed by atoms with E-state index in [0.29, 0.717) is 4.48 Å². The molecule has 5 heteroatoms. The molecule has 50 valence electrons. The van der Waals surface area contributed by atoms with Crippen molar-refractivity contribution in [2.24, 2.45) is 0 Å². The molecule has 3 N–H and O–H groups in total. The summed E-state index contributed by atoms with van der Waals surface area (Å²) in [7, 11) is 0. The second-order valence-electron chi connectivity index (χ2n) is 1.60. The van der Waals surface area contributed by atoms with Crippen molar-refractivity contribution >= 4 is 21.8 Å². The van der Waals surface area contributed by atoms with Gasteiger partial charge in [0.15, 0.2) is 0 Å². The average molecular weight is 193 g/mol. The first-order chi connectivity index (χ1) is 4.20. The van der Waals surface area contributed by atoms with Crippen LogP contribution in [0.5, 0.6) is 0 Å². The summed E-state index contributed by atoms with van der Waals surface area (Å²) in [4.78, 5) is 10.5. The standard InChI is InChI=1S/C4H5BrN2O2/c5-2-1-3(8)6-7-4(2)9/h7,9H,1H2,(H,6,8). The third-order valence-electron chi connectivity index (χ3n) is 0.893. The number of hydrazine groups is 1. The summed E-state index contributed by atoms with van der Waals surface area (Å²) >= 11 is 3.00. The van der Waals surface area contributed by atoms with Crippen LogP contribution in [0, 0.1) is 0 Å². The fourth-order valence-electron chi connectivity index (χ4n) is 0.466. The fourth-order valence-corrected chi connectivity index (χ4v) is 0.819. The molecule has 1 heterocycles. The topological polar surface area (TPSA) is 61.4 Å². The van der Waals surface area contributed by atoms with Crippen molar-refractivity contribution in [2.45, 2.75) is 6.42 Å². The van der Waals surface area contributed by atoms with Gasteiger partial charge in [0.2, 0.25) is 11.8 Å². The Kier molecular flexibility index (Phi) is 1.61. The van der Waals surface area contributed by atoms with Gasteiger partial charge in [-0.25, -0.2) is 0 Å². The van der Waals surface area contributed by atoms with Crippen molar-refractivity contribution in [3.63, 3.8) is 0 Å². The minimum atomic E-state index is -0.167. The Morgan fingerprint density at radius 1 is 1.56 bits per heavy atom. The van der Waals surface area contributed by atoms with Crippen LogP contribution < -0.4 is 10.9 Å². The number of rotatable bonds is 0. The number of carbonyl (C=O) groups excluding carboxylic acids is 1. The maximum absolute atomic E-state index is 10.5. The van der Waals surface area contributed by atoms with Gasteiger partial charge < -0.3 is 5.11 Å². The first kappa shape index (κ1) is 6.41. The summed E-state index contributed by atoms with van der Waals surface area (Å²) in [6, 6.07) is 0. The van der Waals surface area contributed by atoms with E-state index in [2.05, 4.69) is 26.8 Å². The Labute approximate surface area is 60.0 Å². The molecule has 0 bridgehead atoms. The monoisotopic (exact) mass is 192 g/mol. The van der Waals surface area contributed by atoms with E-state index in [1.54, 1.807) is 0 Å². The van der Waals surface area contributed by atoms with E-state index >= 15 is 0 Å². The third-order valence-corrected chi connectivity index (χ3v) is 1.55. The SMILES string of the molecule is O=C1CC(Br)=C(O)NN1. The zero-order valence-corrected chi connectivity index (χ0v) is 6.03. The number of halogens is 1. The number of aliphatic hydroxyl groups is 1. The van der Waals surface area contributed by atoms with Gasteiger partial charge >= 0.3 is 0 Å². The second-order valence-corrected chi connectivity index (χ2v) is 2.56. The van der Waals surface area contributed by atoms with E-state index in [0.717, 1.165) is 0 Å². The molecule has 4 nitrogen and oxygen atoms in total. The Balaban J connectivity index is 2.72. The number of amides is 1. The quantitative estimate of drug-likeness (QED) is 0.512. The molecule has 0 unspecified atom stereocenters. The van der Waals surface area contributed by atoms with Crippen molar-refractivity contribution in [1.29, 1.82) is 0 Å². The van der Waals surface area contributed by atoms with E-state index in [9.17, 15) is 4.79 Å². The first-order valence-corrected chi connectivity index (χ1v) is 3.12. The molecule has 0 saturated heterocycles. The number of aliphatic hydroxyl groups excluding tert-OH is 1. The van der Waals surface area contributed by atoms with Gasteiger partial charge in [-0.2, -0.15) is 0 Å². The van der Waals surface area contributed by atoms with Gasteiger partial charge in [0, 0.05) is 0 Å². The van der Waals surface area contributed by atoms with E-state index in [4.69, 9.17) is 5.11 Å². The van der Waals surface area contributed by atoms with Gasteiger partial charge in [0.1, 0.15) is 0 Å². The van der Waals surface area contributed by atoms with Crippen molar-refractivity contribution in [3.8, 4) is 0 Å². The Bertz CT molecular complexity index is 177. The highest BCUT2D eigenvalue weighted by molar-refractivity contribution is 9.11. The van der Waals surface area contributed by atoms with Crippen LogP contribution in [0.15, 0.2) is 10.4 Å². The van der Waals surface area contributed by atoms with Crippen molar-refractivity contribution < 1.29 is 9.90 Å². The predicted octanol–water partition coefficient (Wildman–Crippen LogP) is 0.133. The maximum atomic E-state index is 10.5. The molecule has 0 aromatic carbocycles. The largest absolute Gasteiger partial charge is 0.493 e. The van der Waals surface area contributed by atoms with Crippen molar-refractivity contribution in [1.82, 2.24) is 10.9 Å². The highest BCUT2D eigenvalue weighted by atomic mass is 79.9. The summed E-state index contributed by atoms with van der Waals surface area (Å²) in [5, 5.41) is 8.80. The molecule has 0 atom stereocenters. The molecule has 0 fully saturated rings. The lowest BCUT2D eigenvalue weighted by atomic mass is 10.3. The molecule has 0 aliphatic carbocycles. The number of nitrogens with one attached hydrogen (secondary N) is 2. The molecule has 0 aromatic rings. The summed E-state index contributed by atoms with van der Waals surface area (Å²) in [5.74, 6) is -0.200. The van der Waals surface area contributed by atoms with Gasteiger partial charge in [0.05, 0.1) is 10.9 Å². The number of hydrogen-bond donors (Lipinski definition) is 3. The van der Waals surface area contributed by atoms with E-state index in [-0.39, 0.29) is 18.2 Å². The summed E-state index contributed by atoms with van der Waals surface area (Å²) < 4.78 is 0.478. The van der Waals surface area contributed by atoms with Crippen LogP contribution in [0.1, 0.15) is 6.42 Å². The van der Waals surface area contributed by atoms with E-state index in [1.807, 2.05) is 0 Å². The third kappa shape index (κ3) is 1.35. The number of hydrogen-bond acceptors (Lipinski definition) is 3. The molecule has 0 radical (unpaired) electrons. The van der Waals surface area contributed by atoms with Crippen LogP contribution in [-0.2, 0) is 4.79 Å². The lowest BCUT2D eigenvalue weighted by molar-refractivity contribution is -0.121. The van der Waals surface area contributed by atoms with Gasteiger partial charge in [-0.3, -0.25) is 15.6 Å². The Hall–Kier alpha value is -0.710. The normalized spacial score (nSPS) is 19.0. The summed E-state index contributed by atoms with van der Waals surface area (Å²) in [6.45, 7) is 0. The molecular formula is C4H5BrN2O2. The Morgan fingerprint density at radius 2 is 2.22 bits per heavy atom. The lowest BCUT2D eigenvalue weighted by Crippen LogP contribution is -2.40. The minimum absolute atomic E-state index is 0.0328. The highest BCUT2D eigenvalue weighted by Crippen LogP contribution is 2.14.